The molecular formula is C15H22N2O3. The molecule has 5 nitrogen and oxygen atoms in total. The van der Waals surface area contributed by atoms with Crippen LogP contribution in [0.15, 0.2) is 24.3 Å². The highest BCUT2D eigenvalue weighted by atomic mass is 16.6. The molecule has 0 amide bonds. The van der Waals surface area contributed by atoms with Gasteiger partial charge < -0.3 is 10.4 Å². The van der Waals surface area contributed by atoms with E-state index in [0.29, 0.717) is 5.92 Å². The lowest BCUT2D eigenvalue weighted by Crippen LogP contribution is -2.34. The molecule has 2 N–H and O–H groups in total. The molecule has 20 heavy (non-hydrogen) atoms. The van der Waals surface area contributed by atoms with E-state index in [-0.39, 0.29) is 22.8 Å². The maximum atomic E-state index is 10.6. The maximum absolute atomic E-state index is 10.6. The SMILES string of the molecule is CC(NCC1CCCCC1O)c1ccc([N+](=O)[O-])cc1. The van der Waals surface area contributed by atoms with Crippen LogP contribution in [0.5, 0.6) is 0 Å². The van der Waals surface area contributed by atoms with Gasteiger partial charge in [0.25, 0.3) is 5.69 Å². The predicted octanol–water partition coefficient (Wildman–Crippen LogP) is 2.80. The molecule has 0 spiro atoms. The predicted molar refractivity (Wildman–Crippen MR) is 77.5 cm³/mol. The molecule has 1 aliphatic rings. The van der Waals surface area contributed by atoms with E-state index in [4.69, 9.17) is 0 Å². The van der Waals surface area contributed by atoms with Gasteiger partial charge in [-0.15, -0.1) is 0 Å². The monoisotopic (exact) mass is 278 g/mol. The Morgan fingerprint density at radius 2 is 2.00 bits per heavy atom. The Bertz CT molecular complexity index is 447. The molecule has 3 unspecified atom stereocenters. The number of rotatable bonds is 5. The van der Waals surface area contributed by atoms with Gasteiger partial charge in [0, 0.05) is 24.7 Å². The molecule has 3 atom stereocenters. The van der Waals surface area contributed by atoms with E-state index in [1.807, 2.05) is 6.92 Å². The van der Waals surface area contributed by atoms with Gasteiger partial charge in [-0.1, -0.05) is 25.0 Å². The largest absolute Gasteiger partial charge is 0.393 e. The first-order valence-electron chi connectivity index (χ1n) is 7.23. The quantitative estimate of drug-likeness (QED) is 0.641. The van der Waals surface area contributed by atoms with Gasteiger partial charge in [0.1, 0.15) is 0 Å². The lowest BCUT2D eigenvalue weighted by Gasteiger charge is -2.29. The third-order valence-corrected chi connectivity index (χ3v) is 4.16. The van der Waals surface area contributed by atoms with Gasteiger partial charge in [-0.05, 0) is 31.2 Å². The van der Waals surface area contributed by atoms with Crippen LogP contribution < -0.4 is 5.32 Å². The summed E-state index contributed by atoms with van der Waals surface area (Å²) in [6.45, 7) is 2.83. The fourth-order valence-corrected chi connectivity index (χ4v) is 2.76. The maximum Gasteiger partial charge on any atom is 0.269 e. The zero-order valence-electron chi connectivity index (χ0n) is 11.8. The van der Waals surface area contributed by atoms with Gasteiger partial charge in [0.15, 0.2) is 0 Å². The second kappa shape index (κ2) is 6.81. The molecule has 1 aromatic rings. The number of aliphatic hydroxyl groups excluding tert-OH is 1. The van der Waals surface area contributed by atoms with Gasteiger partial charge in [-0.2, -0.15) is 0 Å². The van der Waals surface area contributed by atoms with Crippen LogP contribution in [0.2, 0.25) is 0 Å². The Morgan fingerprint density at radius 1 is 1.35 bits per heavy atom. The third-order valence-electron chi connectivity index (χ3n) is 4.16. The van der Waals surface area contributed by atoms with Crippen LogP contribution in [0.1, 0.15) is 44.2 Å². The van der Waals surface area contributed by atoms with E-state index in [0.717, 1.165) is 31.4 Å². The van der Waals surface area contributed by atoms with Crippen molar-refractivity contribution in [2.24, 2.45) is 5.92 Å². The summed E-state index contributed by atoms with van der Waals surface area (Å²) in [7, 11) is 0. The summed E-state index contributed by atoms with van der Waals surface area (Å²) in [4.78, 5) is 10.2. The second-order valence-electron chi connectivity index (χ2n) is 5.59. The van der Waals surface area contributed by atoms with Crippen molar-refractivity contribution in [3.8, 4) is 0 Å². The fraction of sp³-hybridized carbons (Fsp3) is 0.600. The first-order chi connectivity index (χ1) is 9.58. The Kier molecular flexibility index (Phi) is 5.09. The summed E-state index contributed by atoms with van der Waals surface area (Å²) in [5.41, 5.74) is 1.14. The standard InChI is InChI=1S/C15H22N2O3/c1-11(12-6-8-14(9-7-12)17(19)20)16-10-13-4-2-3-5-15(13)18/h6-9,11,13,15-16,18H,2-5,10H2,1H3. The molecule has 1 fully saturated rings. The molecule has 1 aliphatic carbocycles. The van der Waals surface area contributed by atoms with E-state index < -0.39 is 0 Å². The Labute approximate surface area is 119 Å². The molecule has 110 valence electrons. The van der Waals surface area contributed by atoms with Crippen molar-refractivity contribution in [2.75, 3.05) is 6.54 Å². The van der Waals surface area contributed by atoms with Gasteiger partial charge in [0.05, 0.1) is 11.0 Å². The van der Waals surface area contributed by atoms with E-state index in [9.17, 15) is 15.2 Å². The summed E-state index contributed by atoms with van der Waals surface area (Å²) in [5.74, 6) is 0.323. The van der Waals surface area contributed by atoms with Gasteiger partial charge in [-0.3, -0.25) is 10.1 Å². The molecule has 0 heterocycles. The Hall–Kier alpha value is -1.46. The minimum Gasteiger partial charge on any atom is -0.393 e. The van der Waals surface area contributed by atoms with E-state index in [1.54, 1.807) is 12.1 Å². The fourth-order valence-electron chi connectivity index (χ4n) is 2.76. The minimum atomic E-state index is -0.389. The van der Waals surface area contributed by atoms with E-state index in [1.165, 1.54) is 18.6 Å². The van der Waals surface area contributed by atoms with Crippen molar-refractivity contribution in [2.45, 2.75) is 44.8 Å². The van der Waals surface area contributed by atoms with E-state index in [2.05, 4.69) is 5.32 Å². The van der Waals surface area contributed by atoms with E-state index >= 15 is 0 Å². The minimum absolute atomic E-state index is 0.114. The molecule has 0 aromatic heterocycles. The average Bonchev–Trinajstić information content (AvgIpc) is 2.46. The van der Waals surface area contributed by atoms with Crippen LogP contribution in [-0.4, -0.2) is 22.7 Å². The lowest BCUT2D eigenvalue weighted by atomic mass is 9.86. The normalized spacial score (nSPS) is 24.3. The number of hydrogen-bond donors (Lipinski definition) is 2. The molecule has 2 rings (SSSR count). The molecule has 0 aliphatic heterocycles. The van der Waals surface area contributed by atoms with Crippen LogP contribution in [0, 0.1) is 16.0 Å². The Balaban J connectivity index is 1.87. The summed E-state index contributed by atoms with van der Waals surface area (Å²) in [5, 5.41) is 24.0. The summed E-state index contributed by atoms with van der Waals surface area (Å²) in [6.07, 6.45) is 4.09. The highest BCUT2D eigenvalue weighted by Crippen LogP contribution is 2.25. The lowest BCUT2D eigenvalue weighted by molar-refractivity contribution is -0.384. The molecule has 0 bridgehead atoms. The Morgan fingerprint density at radius 3 is 2.60 bits per heavy atom. The highest BCUT2D eigenvalue weighted by Gasteiger charge is 2.23. The number of hydrogen-bond acceptors (Lipinski definition) is 4. The van der Waals surface area contributed by atoms with Crippen molar-refractivity contribution >= 4 is 5.69 Å². The van der Waals surface area contributed by atoms with Gasteiger partial charge >= 0.3 is 0 Å². The van der Waals surface area contributed by atoms with Crippen molar-refractivity contribution in [3.05, 3.63) is 39.9 Å². The summed E-state index contributed by atoms with van der Waals surface area (Å²) < 4.78 is 0. The highest BCUT2D eigenvalue weighted by molar-refractivity contribution is 5.34. The first kappa shape index (κ1) is 14.9. The van der Waals surface area contributed by atoms with Gasteiger partial charge in [-0.25, -0.2) is 0 Å². The van der Waals surface area contributed by atoms with Crippen molar-refractivity contribution in [1.82, 2.24) is 5.32 Å². The number of nitro benzene ring substituents is 1. The number of nitro groups is 1. The van der Waals surface area contributed by atoms with Crippen LogP contribution >= 0.6 is 0 Å². The van der Waals surface area contributed by atoms with Gasteiger partial charge in [0.2, 0.25) is 0 Å². The smallest absolute Gasteiger partial charge is 0.269 e. The topological polar surface area (TPSA) is 75.4 Å². The van der Waals surface area contributed by atoms with Crippen molar-refractivity contribution in [1.29, 1.82) is 0 Å². The molecular weight excluding hydrogens is 256 g/mol. The van der Waals surface area contributed by atoms with Crippen LogP contribution in [0.3, 0.4) is 0 Å². The molecule has 5 heteroatoms. The molecule has 1 aromatic carbocycles. The molecule has 1 saturated carbocycles. The number of non-ortho nitro benzene ring substituents is 1. The number of benzene rings is 1. The first-order valence-corrected chi connectivity index (χ1v) is 7.23. The third kappa shape index (κ3) is 3.77. The molecule has 0 saturated heterocycles. The number of nitrogens with one attached hydrogen (secondary N) is 1. The van der Waals surface area contributed by atoms with Crippen molar-refractivity contribution < 1.29 is 10.0 Å². The zero-order valence-corrected chi connectivity index (χ0v) is 11.8. The second-order valence-corrected chi connectivity index (χ2v) is 5.59. The summed E-state index contributed by atoms with van der Waals surface area (Å²) in [6, 6.07) is 6.76. The average molecular weight is 278 g/mol. The molecule has 0 radical (unpaired) electrons. The van der Waals surface area contributed by atoms with Crippen molar-refractivity contribution in [3.63, 3.8) is 0 Å². The van der Waals surface area contributed by atoms with Crippen LogP contribution in [0.25, 0.3) is 0 Å². The zero-order chi connectivity index (χ0) is 14.5. The number of aliphatic hydroxyl groups is 1. The number of nitrogens with zero attached hydrogens (tertiary/aromatic N) is 1. The van der Waals surface area contributed by atoms with Crippen LogP contribution in [-0.2, 0) is 0 Å². The van der Waals surface area contributed by atoms with Crippen LogP contribution in [0.4, 0.5) is 5.69 Å². The summed E-state index contributed by atoms with van der Waals surface area (Å²) >= 11 is 0.